The molecule has 2 aromatic rings. The molecule has 0 atom stereocenters. The number of H-pyrrole nitrogens is 1. The quantitative estimate of drug-likeness (QED) is 0.898. The second-order valence-electron chi connectivity index (χ2n) is 2.76. The zero-order chi connectivity index (χ0) is 10.1. The van der Waals surface area contributed by atoms with E-state index in [0.717, 1.165) is 21.3 Å². The molecule has 0 aliphatic heterocycles. The first-order chi connectivity index (χ1) is 6.76. The van der Waals surface area contributed by atoms with E-state index < -0.39 is 0 Å². The van der Waals surface area contributed by atoms with Gasteiger partial charge in [0.1, 0.15) is 15.9 Å². The molecule has 14 heavy (non-hydrogen) atoms. The first-order valence-corrected chi connectivity index (χ1v) is 4.81. The van der Waals surface area contributed by atoms with Crippen LogP contribution < -0.4 is 9.47 Å². The van der Waals surface area contributed by atoms with E-state index in [4.69, 9.17) is 9.47 Å². The summed E-state index contributed by atoms with van der Waals surface area (Å²) in [5.74, 6) is 1.44. The van der Waals surface area contributed by atoms with Gasteiger partial charge in [-0.15, -0.1) is 0 Å². The minimum Gasteiger partial charge on any atom is -0.497 e. The molecule has 1 heterocycles. The van der Waals surface area contributed by atoms with E-state index in [-0.39, 0.29) is 0 Å². The SMILES string of the molecule is COc1cc(OC)c2n[nH]c(Br)c2c1. The van der Waals surface area contributed by atoms with Gasteiger partial charge in [0, 0.05) is 11.5 Å². The van der Waals surface area contributed by atoms with E-state index >= 15 is 0 Å². The molecule has 5 heteroatoms. The van der Waals surface area contributed by atoms with Gasteiger partial charge in [0.15, 0.2) is 5.75 Å². The molecule has 0 saturated carbocycles. The average molecular weight is 257 g/mol. The molecule has 0 amide bonds. The predicted octanol–water partition coefficient (Wildman–Crippen LogP) is 2.34. The molecule has 0 aliphatic rings. The van der Waals surface area contributed by atoms with Crippen LogP contribution in [0.2, 0.25) is 0 Å². The molecule has 0 fully saturated rings. The summed E-state index contributed by atoms with van der Waals surface area (Å²) < 4.78 is 11.2. The molecule has 1 N–H and O–H groups in total. The number of aromatic nitrogens is 2. The summed E-state index contributed by atoms with van der Waals surface area (Å²) >= 11 is 3.36. The first-order valence-electron chi connectivity index (χ1n) is 4.02. The van der Waals surface area contributed by atoms with Crippen molar-refractivity contribution in [2.24, 2.45) is 0 Å². The Balaban J connectivity index is 2.76. The Labute approximate surface area is 89.3 Å². The number of methoxy groups -OCH3 is 2. The summed E-state index contributed by atoms with van der Waals surface area (Å²) in [6, 6.07) is 3.70. The van der Waals surface area contributed by atoms with Gasteiger partial charge < -0.3 is 9.47 Å². The third-order valence-electron chi connectivity index (χ3n) is 2.01. The van der Waals surface area contributed by atoms with Crippen molar-refractivity contribution in [2.45, 2.75) is 0 Å². The lowest BCUT2D eigenvalue weighted by Gasteiger charge is -2.04. The van der Waals surface area contributed by atoms with Gasteiger partial charge in [-0.25, -0.2) is 0 Å². The summed E-state index contributed by atoms with van der Waals surface area (Å²) in [6.45, 7) is 0. The lowest BCUT2D eigenvalue weighted by Crippen LogP contribution is -1.87. The number of hydrogen-bond acceptors (Lipinski definition) is 3. The normalized spacial score (nSPS) is 10.5. The number of ether oxygens (including phenoxy) is 2. The number of hydrogen-bond donors (Lipinski definition) is 1. The first kappa shape index (κ1) is 9.33. The van der Waals surface area contributed by atoms with Crippen molar-refractivity contribution in [3.63, 3.8) is 0 Å². The van der Waals surface area contributed by atoms with Crippen LogP contribution in [0.4, 0.5) is 0 Å². The maximum Gasteiger partial charge on any atom is 0.150 e. The Morgan fingerprint density at radius 3 is 2.71 bits per heavy atom. The van der Waals surface area contributed by atoms with E-state index in [9.17, 15) is 0 Å². The Morgan fingerprint density at radius 2 is 2.07 bits per heavy atom. The molecule has 74 valence electrons. The minimum absolute atomic E-state index is 0.696. The fraction of sp³-hybridized carbons (Fsp3) is 0.222. The second kappa shape index (κ2) is 3.49. The van der Waals surface area contributed by atoms with Crippen molar-refractivity contribution in [3.8, 4) is 11.5 Å². The zero-order valence-corrected chi connectivity index (χ0v) is 9.38. The number of aromatic amines is 1. The van der Waals surface area contributed by atoms with E-state index in [1.165, 1.54) is 0 Å². The fourth-order valence-corrected chi connectivity index (χ4v) is 1.69. The van der Waals surface area contributed by atoms with Crippen LogP contribution in [-0.2, 0) is 0 Å². The van der Waals surface area contributed by atoms with Crippen molar-refractivity contribution in [2.75, 3.05) is 14.2 Å². The standard InChI is InChI=1S/C9H9BrN2O2/c1-13-5-3-6-8(7(4-5)14-2)11-12-9(6)10/h3-4H,1-2H3,(H,11,12). The summed E-state index contributed by atoms with van der Waals surface area (Å²) in [6.07, 6.45) is 0. The van der Waals surface area contributed by atoms with Crippen molar-refractivity contribution in [1.82, 2.24) is 10.2 Å². The Kier molecular flexibility index (Phi) is 2.33. The topological polar surface area (TPSA) is 47.1 Å². The highest BCUT2D eigenvalue weighted by Gasteiger charge is 2.10. The van der Waals surface area contributed by atoms with Crippen molar-refractivity contribution in [3.05, 3.63) is 16.7 Å². The molecule has 2 rings (SSSR count). The van der Waals surface area contributed by atoms with Crippen molar-refractivity contribution >= 4 is 26.8 Å². The number of nitrogens with zero attached hydrogens (tertiary/aromatic N) is 1. The Hall–Kier alpha value is -1.23. The smallest absolute Gasteiger partial charge is 0.150 e. The molecular weight excluding hydrogens is 248 g/mol. The molecule has 0 radical (unpaired) electrons. The molecule has 0 aliphatic carbocycles. The molecule has 0 unspecified atom stereocenters. The number of benzene rings is 1. The third-order valence-corrected chi connectivity index (χ3v) is 2.61. The molecule has 1 aromatic carbocycles. The molecule has 4 nitrogen and oxygen atoms in total. The minimum atomic E-state index is 0.696. The largest absolute Gasteiger partial charge is 0.497 e. The molecular formula is C9H9BrN2O2. The third kappa shape index (κ3) is 1.33. The van der Waals surface area contributed by atoms with Crippen LogP contribution in [0.15, 0.2) is 16.7 Å². The fourth-order valence-electron chi connectivity index (χ4n) is 1.30. The van der Waals surface area contributed by atoms with E-state index in [0.29, 0.717) is 5.75 Å². The Morgan fingerprint density at radius 1 is 1.29 bits per heavy atom. The monoisotopic (exact) mass is 256 g/mol. The zero-order valence-electron chi connectivity index (χ0n) is 7.80. The van der Waals surface area contributed by atoms with Crippen LogP contribution in [0.1, 0.15) is 0 Å². The Bertz CT molecular complexity index is 467. The molecule has 0 bridgehead atoms. The van der Waals surface area contributed by atoms with E-state index in [2.05, 4.69) is 26.1 Å². The van der Waals surface area contributed by atoms with Gasteiger partial charge in [0.2, 0.25) is 0 Å². The van der Waals surface area contributed by atoms with Crippen LogP contribution in [0.3, 0.4) is 0 Å². The van der Waals surface area contributed by atoms with E-state index in [1.807, 2.05) is 6.07 Å². The summed E-state index contributed by atoms with van der Waals surface area (Å²) in [5, 5.41) is 7.89. The molecule has 0 spiro atoms. The van der Waals surface area contributed by atoms with Crippen molar-refractivity contribution in [1.29, 1.82) is 0 Å². The van der Waals surface area contributed by atoms with Gasteiger partial charge in [-0.3, -0.25) is 5.10 Å². The lowest BCUT2D eigenvalue weighted by atomic mass is 10.2. The van der Waals surface area contributed by atoms with Crippen LogP contribution in [0.25, 0.3) is 10.9 Å². The number of halogens is 1. The highest BCUT2D eigenvalue weighted by molar-refractivity contribution is 9.10. The lowest BCUT2D eigenvalue weighted by molar-refractivity contribution is 0.397. The number of nitrogens with one attached hydrogen (secondary N) is 1. The number of fused-ring (bicyclic) bond motifs is 1. The van der Waals surface area contributed by atoms with Crippen LogP contribution in [-0.4, -0.2) is 24.4 Å². The maximum atomic E-state index is 5.20. The van der Waals surface area contributed by atoms with Crippen LogP contribution in [0.5, 0.6) is 11.5 Å². The highest BCUT2D eigenvalue weighted by Crippen LogP contribution is 2.33. The van der Waals surface area contributed by atoms with Crippen molar-refractivity contribution < 1.29 is 9.47 Å². The maximum absolute atomic E-state index is 5.20. The van der Waals surface area contributed by atoms with Gasteiger partial charge in [-0.05, 0) is 22.0 Å². The van der Waals surface area contributed by atoms with Gasteiger partial charge >= 0.3 is 0 Å². The molecule has 0 saturated heterocycles. The summed E-state index contributed by atoms with van der Waals surface area (Å²) in [5.41, 5.74) is 0.792. The van der Waals surface area contributed by atoms with Crippen LogP contribution in [0, 0.1) is 0 Å². The molecule has 1 aromatic heterocycles. The van der Waals surface area contributed by atoms with Gasteiger partial charge in [0.25, 0.3) is 0 Å². The van der Waals surface area contributed by atoms with E-state index in [1.54, 1.807) is 20.3 Å². The second-order valence-corrected chi connectivity index (χ2v) is 3.56. The highest BCUT2D eigenvalue weighted by atomic mass is 79.9. The van der Waals surface area contributed by atoms with Gasteiger partial charge in [-0.2, -0.15) is 5.10 Å². The van der Waals surface area contributed by atoms with Gasteiger partial charge in [0.05, 0.1) is 14.2 Å². The average Bonchev–Trinajstić information content (AvgIpc) is 2.59. The predicted molar refractivity (Wildman–Crippen MR) is 56.9 cm³/mol. The summed E-state index contributed by atoms with van der Waals surface area (Å²) in [4.78, 5) is 0. The van der Waals surface area contributed by atoms with Crippen LogP contribution >= 0.6 is 15.9 Å². The number of rotatable bonds is 2. The van der Waals surface area contributed by atoms with Gasteiger partial charge in [-0.1, -0.05) is 0 Å². The summed E-state index contributed by atoms with van der Waals surface area (Å²) in [7, 11) is 3.23.